The molecule has 2 nitrogen and oxygen atoms in total. The summed E-state index contributed by atoms with van der Waals surface area (Å²) in [4.78, 5) is 0.705. The van der Waals surface area contributed by atoms with Gasteiger partial charge in [-0.15, -0.1) is 13.3 Å². The molecule has 1 atom stereocenters. The summed E-state index contributed by atoms with van der Waals surface area (Å²) >= 11 is 8.19. The van der Waals surface area contributed by atoms with Crippen molar-refractivity contribution in [2.45, 2.75) is 0 Å². The van der Waals surface area contributed by atoms with Crippen LogP contribution in [0, 0.1) is 0 Å². The van der Waals surface area contributed by atoms with E-state index in [1.165, 1.54) is 0 Å². The number of rotatable bonds is 2. The highest BCUT2D eigenvalue weighted by atomic mass is 35.7. The molecule has 0 rings (SSSR count). The number of hydrogen-bond donors (Lipinski definition) is 1. The van der Waals surface area contributed by atoms with Crippen molar-refractivity contribution in [2.24, 2.45) is 0 Å². The molecule has 0 aliphatic rings. The van der Waals surface area contributed by atoms with Gasteiger partial charge in [0.15, 0.2) is 0 Å². The van der Waals surface area contributed by atoms with Crippen LogP contribution in [0.1, 0.15) is 0 Å². The first-order valence-corrected chi connectivity index (χ1v) is 6.58. The standard InChI is InChI=1S/ClF3HNOP2S/c1-7(2,9)5-8(3,4)6/h(H,5,6,9). The molecule has 9 heteroatoms. The summed E-state index contributed by atoms with van der Waals surface area (Å²) in [5.74, 6) is -4.24. The lowest BCUT2D eigenvalue weighted by atomic mass is 13.9. The van der Waals surface area contributed by atoms with E-state index in [9.17, 15) is 17.2 Å². The predicted molar refractivity (Wildman–Crippen MR) is 34.2 cm³/mol. The van der Waals surface area contributed by atoms with E-state index in [0.717, 1.165) is 0 Å². The van der Waals surface area contributed by atoms with Crippen molar-refractivity contribution in [3.63, 3.8) is 0 Å². The first kappa shape index (κ1) is 9.92. The molecule has 0 aromatic rings. The predicted octanol–water partition coefficient (Wildman–Crippen LogP) is 3.06. The monoisotopic (exact) mass is 217 g/mol. The molecule has 56 valence electrons. The van der Waals surface area contributed by atoms with Gasteiger partial charge in [-0.3, -0.25) is 0 Å². The van der Waals surface area contributed by atoms with Crippen LogP contribution in [0.3, 0.4) is 0 Å². The molecule has 0 aliphatic carbocycles. The highest BCUT2D eigenvalue weighted by Gasteiger charge is 2.27. The SMILES string of the molecule is O=P(F)(F)NP(F)(=S)Cl. The van der Waals surface area contributed by atoms with Crippen molar-refractivity contribution in [3.05, 3.63) is 0 Å². The third kappa shape index (κ3) is 8.92. The van der Waals surface area contributed by atoms with Crippen molar-refractivity contribution in [2.75, 3.05) is 0 Å². The van der Waals surface area contributed by atoms with E-state index >= 15 is 0 Å². The highest BCUT2D eigenvalue weighted by Crippen LogP contribution is 2.61. The summed E-state index contributed by atoms with van der Waals surface area (Å²) in [6, 6.07) is 0. The molecule has 0 aromatic carbocycles. The molecular formula is HClF3NOP2S. The Hall–Kier alpha value is 0.920. The fraction of sp³-hybridized carbons (Fsp3) is 0. The molecule has 1 N–H and O–H groups in total. The quantitative estimate of drug-likeness (QED) is 0.721. The van der Waals surface area contributed by atoms with Crippen LogP contribution in [0.25, 0.3) is 0 Å². The van der Waals surface area contributed by atoms with E-state index in [1.807, 2.05) is 0 Å². The van der Waals surface area contributed by atoms with Crippen LogP contribution in [-0.2, 0) is 16.4 Å². The fourth-order valence-corrected chi connectivity index (χ4v) is 2.87. The van der Waals surface area contributed by atoms with E-state index in [0.29, 0.717) is 4.86 Å². The molecule has 0 fully saturated rings. The van der Waals surface area contributed by atoms with Crippen molar-refractivity contribution >= 4 is 36.8 Å². The maximum Gasteiger partial charge on any atom is 0.487 e. The Labute approximate surface area is 59.4 Å². The molecule has 0 spiro atoms. The van der Waals surface area contributed by atoms with Crippen molar-refractivity contribution in [1.82, 2.24) is 4.86 Å². The molecule has 0 radical (unpaired) electrons. The Morgan fingerprint density at radius 1 is 1.44 bits per heavy atom. The lowest BCUT2D eigenvalue weighted by Crippen LogP contribution is -1.91. The van der Waals surface area contributed by atoms with Gasteiger partial charge in [0.05, 0.1) is 0 Å². The van der Waals surface area contributed by atoms with Gasteiger partial charge in [0.2, 0.25) is 0 Å². The fourth-order valence-electron chi connectivity index (χ4n) is 0.136. The van der Waals surface area contributed by atoms with E-state index in [1.54, 1.807) is 0 Å². The molecule has 0 aliphatic heterocycles. The molecule has 1 unspecified atom stereocenters. The highest BCUT2D eigenvalue weighted by molar-refractivity contribution is 8.25. The van der Waals surface area contributed by atoms with Gasteiger partial charge in [-0.2, -0.15) is 4.20 Å². The average Bonchev–Trinajstić information content (AvgIpc) is 1.14. The Morgan fingerprint density at radius 2 is 1.78 bits per heavy atom. The molecule has 0 aromatic heterocycles. The van der Waals surface area contributed by atoms with Crippen LogP contribution in [0.2, 0.25) is 0 Å². The summed E-state index contributed by atoms with van der Waals surface area (Å²) in [5.41, 5.74) is 0. The van der Waals surface area contributed by atoms with Crippen LogP contribution in [0.5, 0.6) is 0 Å². The molecule has 9 heavy (non-hydrogen) atoms. The normalized spacial score (nSPS) is 19.1. The number of nitrogens with one attached hydrogen (secondary N) is 1. The van der Waals surface area contributed by atoms with Crippen LogP contribution in [0.15, 0.2) is 0 Å². The number of halogens is 4. The summed E-state index contributed by atoms with van der Waals surface area (Å²) < 4.78 is 43.8. The van der Waals surface area contributed by atoms with E-state index < -0.39 is 13.8 Å². The average molecular weight is 217 g/mol. The molecule has 0 amide bonds. The van der Waals surface area contributed by atoms with E-state index in [-0.39, 0.29) is 0 Å². The first-order chi connectivity index (χ1) is 3.71. The molecule has 0 saturated heterocycles. The van der Waals surface area contributed by atoms with Gasteiger partial charge >= 0.3 is 7.91 Å². The molecule has 0 saturated carbocycles. The Bertz CT molecular complexity index is 162. The minimum Gasteiger partial charge on any atom is -0.231 e. The zero-order valence-electron chi connectivity index (χ0n) is 3.72. The van der Waals surface area contributed by atoms with Gasteiger partial charge in [0, 0.05) is 0 Å². The van der Waals surface area contributed by atoms with E-state index in [4.69, 9.17) is 0 Å². The Kier molecular flexibility index (Phi) is 3.18. The zero-order valence-corrected chi connectivity index (χ0v) is 7.08. The first-order valence-electron chi connectivity index (χ1n) is 1.49. The third-order valence-electron chi connectivity index (χ3n) is 0.233. The smallest absolute Gasteiger partial charge is 0.231 e. The summed E-state index contributed by atoms with van der Waals surface area (Å²) in [6.07, 6.45) is 0. The largest absolute Gasteiger partial charge is 0.487 e. The summed E-state index contributed by atoms with van der Waals surface area (Å²) in [6.45, 7) is 0. The van der Waals surface area contributed by atoms with Gasteiger partial charge in [-0.25, -0.2) is 4.57 Å². The van der Waals surface area contributed by atoms with Crippen molar-refractivity contribution in [3.8, 4) is 0 Å². The minimum absolute atomic E-state index is 0.705. The Morgan fingerprint density at radius 3 is 1.78 bits per heavy atom. The maximum absolute atomic E-state index is 11.8. The third-order valence-corrected chi connectivity index (χ3v) is 3.51. The van der Waals surface area contributed by atoms with Crippen LogP contribution in [0.4, 0.5) is 12.6 Å². The Balaban J connectivity index is 4.07. The van der Waals surface area contributed by atoms with E-state index in [2.05, 4.69) is 23.0 Å². The van der Waals surface area contributed by atoms with Gasteiger partial charge in [0.1, 0.15) is 0 Å². The minimum atomic E-state index is -5.60. The van der Waals surface area contributed by atoms with Crippen molar-refractivity contribution < 1.29 is 17.2 Å². The summed E-state index contributed by atoms with van der Waals surface area (Å²) in [5, 5.41) is 0. The lowest BCUT2D eigenvalue weighted by Gasteiger charge is -2.02. The number of hydrogen-bond acceptors (Lipinski definition) is 2. The summed E-state index contributed by atoms with van der Waals surface area (Å²) in [7, 11) is -5.60. The second kappa shape index (κ2) is 2.89. The van der Waals surface area contributed by atoms with Gasteiger partial charge in [-0.1, -0.05) is 0 Å². The van der Waals surface area contributed by atoms with Crippen LogP contribution >= 0.6 is 25.0 Å². The molecule has 0 bridgehead atoms. The zero-order chi connectivity index (χ0) is 7.71. The maximum atomic E-state index is 11.8. The second-order valence-corrected chi connectivity index (χ2v) is 7.18. The van der Waals surface area contributed by atoms with Crippen LogP contribution < -0.4 is 4.86 Å². The van der Waals surface area contributed by atoms with Gasteiger partial charge in [0.25, 0.3) is 5.85 Å². The van der Waals surface area contributed by atoms with Crippen LogP contribution in [-0.4, -0.2) is 0 Å². The van der Waals surface area contributed by atoms with Gasteiger partial charge in [-0.05, 0) is 23.0 Å². The second-order valence-electron chi connectivity index (χ2n) is 1.02. The van der Waals surface area contributed by atoms with Gasteiger partial charge < -0.3 is 0 Å². The molecular weight excluding hydrogens is 216 g/mol. The van der Waals surface area contributed by atoms with Crippen molar-refractivity contribution in [1.29, 1.82) is 0 Å². The molecule has 0 heterocycles. The topological polar surface area (TPSA) is 29.1 Å². The lowest BCUT2D eigenvalue weighted by molar-refractivity contribution is 0.490.